The van der Waals surface area contributed by atoms with E-state index in [1.165, 1.54) is 4.31 Å². The lowest BCUT2D eigenvalue weighted by Gasteiger charge is -2.35. The topological polar surface area (TPSA) is 69.7 Å². The van der Waals surface area contributed by atoms with Crippen LogP contribution in [-0.2, 0) is 16.2 Å². The number of carbonyl (C=O) groups is 1. The number of piperazine rings is 1. The number of hydrogen-bond donors (Lipinski definition) is 1. The highest BCUT2D eigenvalue weighted by atomic mass is 32.2. The summed E-state index contributed by atoms with van der Waals surface area (Å²) in [6, 6.07) is 12.6. The van der Waals surface area contributed by atoms with Crippen molar-refractivity contribution in [2.24, 2.45) is 5.92 Å². The summed E-state index contributed by atoms with van der Waals surface area (Å²) < 4.78 is 65.0. The Labute approximate surface area is 186 Å². The summed E-state index contributed by atoms with van der Waals surface area (Å²) >= 11 is 0. The SMILES string of the molecule is CC(C)C(NC(=O)N1CCN(S(=O)(=O)c2ccc(C(F)(F)F)cc2)CC1)c1ccccc1. The molecular weight excluding hydrogens is 443 g/mol. The highest BCUT2D eigenvalue weighted by molar-refractivity contribution is 7.89. The normalized spacial score (nSPS) is 16.8. The number of rotatable bonds is 5. The Morgan fingerprint density at radius 2 is 1.50 bits per heavy atom. The molecule has 1 heterocycles. The van der Waals surface area contributed by atoms with Gasteiger partial charge in [-0.05, 0) is 35.7 Å². The maximum atomic E-state index is 12.8. The molecule has 0 radical (unpaired) electrons. The van der Waals surface area contributed by atoms with Gasteiger partial charge in [0.1, 0.15) is 0 Å². The standard InChI is InChI=1S/C22H26F3N3O3S/c1-16(2)20(17-6-4-3-5-7-17)26-21(29)27-12-14-28(15-13-27)32(30,31)19-10-8-18(9-11-19)22(23,24)25/h3-11,16,20H,12-15H2,1-2H3,(H,26,29). The van der Waals surface area contributed by atoms with E-state index in [0.717, 1.165) is 29.8 Å². The van der Waals surface area contributed by atoms with Gasteiger partial charge in [-0.3, -0.25) is 0 Å². The van der Waals surface area contributed by atoms with E-state index >= 15 is 0 Å². The van der Waals surface area contributed by atoms with Gasteiger partial charge < -0.3 is 10.2 Å². The highest BCUT2D eigenvalue weighted by Gasteiger charge is 2.33. The van der Waals surface area contributed by atoms with Gasteiger partial charge in [-0.1, -0.05) is 44.2 Å². The van der Waals surface area contributed by atoms with Gasteiger partial charge in [0.15, 0.2) is 0 Å². The number of amides is 2. The molecule has 1 N–H and O–H groups in total. The number of hydrogen-bond acceptors (Lipinski definition) is 3. The van der Waals surface area contributed by atoms with Gasteiger partial charge in [0.2, 0.25) is 10.0 Å². The number of nitrogens with zero attached hydrogens (tertiary/aromatic N) is 2. The van der Waals surface area contributed by atoms with Crippen LogP contribution in [0.15, 0.2) is 59.5 Å². The van der Waals surface area contributed by atoms with Crippen molar-refractivity contribution in [3.8, 4) is 0 Å². The van der Waals surface area contributed by atoms with E-state index < -0.39 is 21.8 Å². The fraction of sp³-hybridized carbons (Fsp3) is 0.409. The van der Waals surface area contributed by atoms with E-state index in [9.17, 15) is 26.4 Å². The molecule has 0 aliphatic carbocycles. The second kappa shape index (κ2) is 9.50. The molecule has 2 aromatic rings. The van der Waals surface area contributed by atoms with Gasteiger partial charge in [0.05, 0.1) is 16.5 Å². The van der Waals surface area contributed by atoms with Crippen LogP contribution in [0, 0.1) is 5.92 Å². The molecule has 2 aromatic carbocycles. The van der Waals surface area contributed by atoms with Crippen LogP contribution in [0.3, 0.4) is 0 Å². The number of carbonyl (C=O) groups excluding carboxylic acids is 1. The molecule has 10 heteroatoms. The number of alkyl halides is 3. The van der Waals surface area contributed by atoms with E-state index in [2.05, 4.69) is 5.32 Å². The maximum Gasteiger partial charge on any atom is 0.416 e. The zero-order chi connectivity index (χ0) is 23.5. The molecule has 32 heavy (non-hydrogen) atoms. The van der Waals surface area contributed by atoms with Crippen molar-refractivity contribution in [3.63, 3.8) is 0 Å². The summed E-state index contributed by atoms with van der Waals surface area (Å²) in [5.41, 5.74) is 0.0791. The van der Waals surface area contributed by atoms with E-state index in [4.69, 9.17) is 0 Å². The van der Waals surface area contributed by atoms with Crippen LogP contribution < -0.4 is 5.32 Å². The van der Waals surface area contributed by atoms with Crippen molar-refractivity contribution in [1.29, 1.82) is 0 Å². The van der Waals surface area contributed by atoms with Crippen LogP contribution in [0.1, 0.15) is 31.0 Å². The molecule has 0 bridgehead atoms. The fourth-order valence-corrected chi connectivity index (χ4v) is 5.04. The molecule has 1 fully saturated rings. The smallest absolute Gasteiger partial charge is 0.331 e. The third-order valence-electron chi connectivity index (χ3n) is 5.45. The molecule has 174 valence electrons. The summed E-state index contributed by atoms with van der Waals surface area (Å²) in [5, 5.41) is 3.02. The third kappa shape index (κ3) is 5.42. The van der Waals surface area contributed by atoms with Crippen molar-refractivity contribution in [2.75, 3.05) is 26.2 Å². The van der Waals surface area contributed by atoms with Crippen molar-refractivity contribution in [1.82, 2.24) is 14.5 Å². The van der Waals surface area contributed by atoms with Gasteiger partial charge in [-0.15, -0.1) is 0 Å². The minimum Gasteiger partial charge on any atom is -0.331 e. The van der Waals surface area contributed by atoms with E-state index in [1.54, 1.807) is 4.90 Å². The molecule has 0 aromatic heterocycles. The molecule has 0 spiro atoms. The quantitative estimate of drug-likeness (QED) is 0.716. The number of benzene rings is 2. The molecule has 6 nitrogen and oxygen atoms in total. The van der Waals surface area contributed by atoms with Crippen molar-refractivity contribution >= 4 is 16.1 Å². The molecular formula is C22H26F3N3O3S. The summed E-state index contributed by atoms with van der Waals surface area (Å²) in [6.45, 7) is 4.51. The Morgan fingerprint density at radius 1 is 0.938 bits per heavy atom. The summed E-state index contributed by atoms with van der Waals surface area (Å²) in [5.74, 6) is 0.155. The molecule has 1 aliphatic heterocycles. The minimum atomic E-state index is -4.53. The van der Waals surface area contributed by atoms with Gasteiger partial charge in [-0.2, -0.15) is 17.5 Å². The predicted molar refractivity (Wildman–Crippen MR) is 114 cm³/mol. The molecule has 1 unspecified atom stereocenters. The molecule has 0 saturated carbocycles. The Kier molecular flexibility index (Phi) is 7.14. The van der Waals surface area contributed by atoms with Gasteiger partial charge in [0, 0.05) is 26.2 Å². The lowest BCUT2D eigenvalue weighted by Crippen LogP contribution is -2.53. The molecule has 1 atom stereocenters. The van der Waals surface area contributed by atoms with Crippen molar-refractivity contribution in [3.05, 3.63) is 65.7 Å². The van der Waals surface area contributed by atoms with E-state index in [1.807, 2.05) is 44.2 Å². The summed E-state index contributed by atoms with van der Waals surface area (Å²) in [7, 11) is -3.95. The minimum absolute atomic E-state index is 0.0639. The fourth-order valence-electron chi connectivity index (χ4n) is 3.62. The monoisotopic (exact) mass is 469 g/mol. The number of sulfonamides is 1. The zero-order valence-corrected chi connectivity index (χ0v) is 18.7. The summed E-state index contributed by atoms with van der Waals surface area (Å²) in [6.07, 6.45) is -4.53. The predicted octanol–water partition coefficient (Wildman–Crippen LogP) is 4.12. The zero-order valence-electron chi connectivity index (χ0n) is 17.8. The Balaban J connectivity index is 1.63. The van der Waals surface area contributed by atoms with Crippen molar-refractivity contribution < 1.29 is 26.4 Å². The van der Waals surface area contributed by atoms with Crippen molar-refractivity contribution in [2.45, 2.75) is 31.0 Å². The molecule has 2 amide bonds. The van der Waals surface area contributed by atoms with Crippen LogP contribution in [0.5, 0.6) is 0 Å². The third-order valence-corrected chi connectivity index (χ3v) is 7.36. The van der Waals surface area contributed by atoms with Gasteiger partial charge in [0.25, 0.3) is 0 Å². The van der Waals surface area contributed by atoms with Gasteiger partial charge in [-0.25, -0.2) is 13.2 Å². The van der Waals surface area contributed by atoms with E-state index in [0.29, 0.717) is 0 Å². The lowest BCUT2D eigenvalue weighted by atomic mass is 9.96. The maximum absolute atomic E-state index is 12.8. The largest absolute Gasteiger partial charge is 0.416 e. The average Bonchev–Trinajstić information content (AvgIpc) is 2.77. The molecule has 1 aliphatic rings. The van der Waals surface area contributed by atoms with Crippen LogP contribution in [0.2, 0.25) is 0 Å². The summed E-state index contributed by atoms with van der Waals surface area (Å²) in [4.78, 5) is 14.1. The first-order chi connectivity index (χ1) is 15.0. The van der Waals surface area contributed by atoms with Gasteiger partial charge >= 0.3 is 12.2 Å². The van der Waals surface area contributed by atoms with Crippen LogP contribution in [0.4, 0.5) is 18.0 Å². The lowest BCUT2D eigenvalue weighted by molar-refractivity contribution is -0.137. The Hall–Kier alpha value is -2.59. The highest BCUT2D eigenvalue weighted by Crippen LogP contribution is 2.30. The van der Waals surface area contributed by atoms with Crippen LogP contribution >= 0.6 is 0 Å². The molecule has 1 saturated heterocycles. The first-order valence-electron chi connectivity index (χ1n) is 10.3. The van der Waals surface area contributed by atoms with Crippen LogP contribution in [-0.4, -0.2) is 49.8 Å². The number of urea groups is 1. The Bertz CT molecular complexity index is 1020. The second-order valence-corrected chi connectivity index (χ2v) is 9.93. The molecule has 3 rings (SSSR count). The first kappa shape index (κ1) is 24.1. The Morgan fingerprint density at radius 3 is 2.00 bits per heavy atom. The van der Waals surface area contributed by atoms with E-state index in [-0.39, 0.29) is 49.1 Å². The second-order valence-electron chi connectivity index (χ2n) is 8.00. The first-order valence-corrected chi connectivity index (χ1v) is 11.7. The van der Waals surface area contributed by atoms with Crippen LogP contribution in [0.25, 0.3) is 0 Å². The number of halogens is 3. The number of nitrogens with one attached hydrogen (secondary N) is 1. The average molecular weight is 470 g/mol.